The van der Waals surface area contributed by atoms with Crippen molar-refractivity contribution in [2.75, 3.05) is 28.6 Å². The van der Waals surface area contributed by atoms with Gasteiger partial charge in [-0.3, -0.25) is 4.79 Å². The lowest BCUT2D eigenvalue weighted by Gasteiger charge is -2.28. The van der Waals surface area contributed by atoms with Crippen LogP contribution in [0.15, 0.2) is 60.7 Å². The SMILES string of the molecule is N#Cc1ccccc1Nc1ccc(C(=O)Nc2ccc(N3CCCCC3)cc2)nn1. The number of benzene rings is 2. The summed E-state index contributed by atoms with van der Waals surface area (Å²) in [6.45, 7) is 2.17. The lowest BCUT2D eigenvalue weighted by molar-refractivity contribution is 0.102. The molecule has 2 N–H and O–H groups in total. The van der Waals surface area contributed by atoms with Crippen LogP contribution in [0.5, 0.6) is 0 Å². The number of nitriles is 1. The summed E-state index contributed by atoms with van der Waals surface area (Å²) in [6, 6.07) is 20.4. The Hall–Kier alpha value is -3.92. The number of amides is 1. The van der Waals surface area contributed by atoms with Gasteiger partial charge in [0.2, 0.25) is 0 Å². The number of hydrogen-bond donors (Lipinski definition) is 2. The van der Waals surface area contributed by atoms with Gasteiger partial charge in [-0.25, -0.2) is 0 Å². The average Bonchev–Trinajstić information content (AvgIpc) is 2.81. The van der Waals surface area contributed by atoms with E-state index in [1.165, 1.54) is 24.9 Å². The quantitative estimate of drug-likeness (QED) is 0.664. The zero-order chi connectivity index (χ0) is 20.8. The number of carbonyl (C=O) groups is 1. The first-order valence-electron chi connectivity index (χ1n) is 9.99. The van der Waals surface area contributed by atoms with Crippen molar-refractivity contribution in [2.45, 2.75) is 19.3 Å². The lowest BCUT2D eigenvalue weighted by Crippen LogP contribution is -2.29. The van der Waals surface area contributed by atoms with Gasteiger partial charge in [-0.1, -0.05) is 12.1 Å². The normalized spacial score (nSPS) is 13.4. The van der Waals surface area contributed by atoms with Crippen LogP contribution in [-0.4, -0.2) is 29.2 Å². The van der Waals surface area contributed by atoms with E-state index in [2.05, 4.69) is 31.8 Å². The Balaban J connectivity index is 1.38. The highest BCUT2D eigenvalue weighted by Gasteiger charge is 2.12. The second-order valence-electron chi connectivity index (χ2n) is 7.13. The van der Waals surface area contributed by atoms with Gasteiger partial charge in [0, 0.05) is 24.5 Å². The number of carbonyl (C=O) groups excluding carboxylic acids is 1. The summed E-state index contributed by atoms with van der Waals surface area (Å²) >= 11 is 0. The molecule has 1 amide bonds. The third kappa shape index (κ3) is 4.55. The fraction of sp³-hybridized carbons (Fsp3) is 0.217. The van der Waals surface area contributed by atoms with E-state index in [-0.39, 0.29) is 11.6 Å². The zero-order valence-electron chi connectivity index (χ0n) is 16.5. The van der Waals surface area contributed by atoms with E-state index in [0.29, 0.717) is 22.8 Å². The summed E-state index contributed by atoms with van der Waals surface area (Å²) in [4.78, 5) is 14.9. The minimum absolute atomic E-state index is 0.217. The van der Waals surface area contributed by atoms with Gasteiger partial charge in [-0.15, -0.1) is 10.2 Å². The van der Waals surface area contributed by atoms with Gasteiger partial charge in [0.25, 0.3) is 5.91 Å². The van der Waals surface area contributed by atoms with Gasteiger partial charge in [-0.05, 0) is 67.8 Å². The topological polar surface area (TPSA) is 93.9 Å². The summed E-state index contributed by atoms with van der Waals surface area (Å²) in [7, 11) is 0. The highest BCUT2D eigenvalue weighted by Crippen LogP contribution is 2.22. The Bertz CT molecular complexity index is 1050. The molecule has 7 heteroatoms. The Kier molecular flexibility index (Phi) is 5.85. The molecule has 1 aromatic heterocycles. The fourth-order valence-corrected chi connectivity index (χ4v) is 3.45. The van der Waals surface area contributed by atoms with E-state index in [9.17, 15) is 4.79 Å². The predicted octanol–water partition coefficient (Wildman–Crippen LogP) is 4.33. The maximum absolute atomic E-state index is 12.5. The number of anilines is 4. The van der Waals surface area contributed by atoms with Crippen LogP contribution in [0.3, 0.4) is 0 Å². The van der Waals surface area contributed by atoms with Crippen molar-refractivity contribution in [3.05, 3.63) is 71.9 Å². The fourth-order valence-electron chi connectivity index (χ4n) is 3.45. The van der Waals surface area contributed by atoms with Crippen molar-refractivity contribution in [2.24, 2.45) is 0 Å². The van der Waals surface area contributed by atoms with E-state index in [1.54, 1.807) is 30.3 Å². The largest absolute Gasteiger partial charge is 0.372 e. The van der Waals surface area contributed by atoms with Crippen LogP contribution >= 0.6 is 0 Å². The summed E-state index contributed by atoms with van der Waals surface area (Å²) in [5, 5.41) is 23.1. The molecule has 30 heavy (non-hydrogen) atoms. The van der Waals surface area contributed by atoms with Crippen molar-refractivity contribution >= 4 is 28.8 Å². The number of rotatable bonds is 5. The van der Waals surface area contributed by atoms with E-state index >= 15 is 0 Å². The number of nitrogens with zero attached hydrogens (tertiary/aromatic N) is 4. The maximum Gasteiger partial charge on any atom is 0.276 e. The molecule has 150 valence electrons. The molecule has 0 aliphatic carbocycles. The number of para-hydroxylation sites is 1. The molecule has 7 nitrogen and oxygen atoms in total. The number of nitrogens with one attached hydrogen (secondary N) is 2. The summed E-state index contributed by atoms with van der Waals surface area (Å²) < 4.78 is 0. The van der Waals surface area contributed by atoms with Gasteiger partial charge < -0.3 is 15.5 Å². The molecular formula is C23H22N6O. The molecule has 3 aromatic rings. The molecule has 0 unspecified atom stereocenters. The molecule has 0 spiro atoms. The van der Waals surface area contributed by atoms with E-state index in [1.807, 2.05) is 30.3 Å². The van der Waals surface area contributed by atoms with Crippen LogP contribution < -0.4 is 15.5 Å². The van der Waals surface area contributed by atoms with Crippen LogP contribution in [0.4, 0.5) is 22.9 Å². The third-order valence-electron chi connectivity index (χ3n) is 5.05. The Morgan fingerprint density at radius 1 is 0.933 bits per heavy atom. The molecule has 4 rings (SSSR count). The highest BCUT2D eigenvalue weighted by molar-refractivity contribution is 6.02. The average molecular weight is 398 g/mol. The molecular weight excluding hydrogens is 376 g/mol. The van der Waals surface area contributed by atoms with Crippen molar-refractivity contribution in [1.82, 2.24) is 10.2 Å². The first kappa shape index (κ1) is 19.4. The number of aromatic nitrogens is 2. The molecule has 0 bridgehead atoms. The van der Waals surface area contributed by atoms with Crippen molar-refractivity contribution < 1.29 is 4.79 Å². The minimum atomic E-state index is -0.322. The number of hydrogen-bond acceptors (Lipinski definition) is 6. The second kappa shape index (κ2) is 9.05. The molecule has 0 saturated carbocycles. The Morgan fingerprint density at radius 3 is 2.40 bits per heavy atom. The first-order chi connectivity index (χ1) is 14.7. The van der Waals surface area contributed by atoms with Gasteiger partial charge in [0.1, 0.15) is 6.07 Å². The molecule has 1 fully saturated rings. The maximum atomic E-state index is 12.5. The van der Waals surface area contributed by atoms with Crippen molar-refractivity contribution in [3.63, 3.8) is 0 Å². The minimum Gasteiger partial charge on any atom is -0.372 e. The van der Waals surface area contributed by atoms with Crippen LogP contribution in [0.1, 0.15) is 35.3 Å². The number of piperidine rings is 1. The van der Waals surface area contributed by atoms with E-state index in [4.69, 9.17) is 5.26 Å². The molecule has 1 saturated heterocycles. The predicted molar refractivity (Wildman–Crippen MR) is 117 cm³/mol. The Labute approximate surface area is 175 Å². The summed E-state index contributed by atoms with van der Waals surface area (Å²) in [5.41, 5.74) is 3.26. The summed E-state index contributed by atoms with van der Waals surface area (Å²) in [5.74, 6) is 0.136. The van der Waals surface area contributed by atoms with Crippen LogP contribution in [0.2, 0.25) is 0 Å². The molecule has 0 radical (unpaired) electrons. The monoisotopic (exact) mass is 398 g/mol. The molecule has 2 heterocycles. The van der Waals surface area contributed by atoms with Crippen molar-refractivity contribution in [1.29, 1.82) is 5.26 Å². The highest BCUT2D eigenvalue weighted by atomic mass is 16.1. The van der Waals surface area contributed by atoms with Crippen LogP contribution in [0, 0.1) is 11.3 Å². The smallest absolute Gasteiger partial charge is 0.276 e. The molecule has 1 aliphatic rings. The van der Waals surface area contributed by atoms with E-state index in [0.717, 1.165) is 13.1 Å². The van der Waals surface area contributed by atoms with Crippen LogP contribution in [0.25, 0.3) is 0 Å². The van der Waals surface area contributed by atoms with Gasteiger partial charge >= 0.3 is 0 Å². The van der Waals surface area contributed by atoms with Crippen molar-refractivity contribution in [3.8, 4) is 6.07 Å². The lowest BCUT2D eigenvalue weighted by atomic mass is 10.1. The Morgan fingerprint density at radius 2 is 1.70 bits per heavy atom. The van der Waals surface area contributed by atoms with Crippen LogP contribution in [-0.2, 0) is 0 Å². The summed E-state index contributed by atoms with van der Waals surface area (Å²) in [6.07, 6.45) is 3.75. The molecule has 1 aliphatic heterocycles. The first-order valence-corrected chi connectivity index (χ1v) is 9.99. The standard InChI is InChI=1S/C23H22N6O/c24-16-17-6-2-3-7-20(17)26-22-13-12-21(27-28-22)23(30)25-18-8-10-19(11-9-18)29-14-4-1-5-15-29/h2-3,6-13H,1,4-5,14-15H2,(H,25,30)(H,26,28). The van der Waals surface area contributed by atoms with Gasteiger partial charge in [0.15, 0.2) is 11.5 Å². The van der Waals surface area contributed by atoms with Gasteiger partial charge in [-0.2, -0.15) is 5.26 Å². The second-order valence-corrected chi connectivity index (χ2v) is 7.13. The molecule has 0 atom stereocenters. The third-order valence-corrected chi connectivity index (χ3v) is 5.05. The van der Waals surface area contributed by atoms with E-state index < -0.39 is 0 Å². The zero-order valence-corrected chi connectivity index (χ0v) is 16.5. The van der Waals surface area contributed by atoms with Gasteiger partial charge in [0.05, 0.1) is 11.3 Å². The molecule has 2 aromatic carbocycles.